The Bertz CT molecular complexity index is 403. The number of anilines is 2. The molecular weight excluding hydrogens is 248 g/mol. The van der Waals surface area contributed by atoms with E-state index in [1.54, 1.807) is 0 Å². The van der Waals surface area contributed by atoms with Gasteiger partial charge in [0.15, 0.2) is 0 Å². The van der Waals surface area contributed by atoms with Gasteiger partial charge in [-0.15, -0.1) is 0 Å². The second-order valence-corrected chi connectivity index (χ2v) is 5.90. The molecule has 0 aliphatic heterocycles. The molecular formula is C16H30N4. The molecule has 114 valence electrons. The van der Waals surface area contributed by atoms with Crippen molar-refractivity contribution in [2.75, 3.05) is 17.2 Å². The molecule has 0 aliphatic rings. The first-order chi connectivity index (χ1) is 9.47. The van der Waals surface area contributed by atoms with Gasteiger partial charge in [0.2, 0.25) is 0 Å². The molecule has 20 heavy (non-hydrogen) atoms. The topological polar surface area (TPSA) is 49.8 Å². The van der Waals surface area contributed by atoms with E-state index >= 15 is 0 Å². The van der Waals surface area contributed by atoms with Gasteiger partial charge in [-0.3, -0.25) is 0 Å². The number of nitrogens with one attached hydrogen (secondary N) is 2. The SMILES string of the molecule is CCCNc1cc(NC(C)C(C)CC)nc(C(C)C)n1. The van der Waals surface area contributed by atoms with Crippen LogP contribution >= 0.6 is 0 Å². The third-order valence-electron chi connectivity index (χ3n) is 3.69. The molecule has 4 heteroatoms. The Hall–Kier alpha value is -1.32. The Kier molecular flexibility index (Phi) is 6.76. The summed E-state index contributed by atoms with van der Waals surface area (Å²) < 4.78 is 0. The van der Waals surface area contributed by atoms with Crippen LogP contribution in [0.5, 0.6) is 0 Å². The lowest BCUT2D eigenvalue weighted by Crippen LogP contribution is -2.24. The highest BCUT2D eigenvalue weighted by atomic mass is 15.1. The maximum Gasteiger partial charge on any atom is 0.135 e. The molecule has 0 spiro atoms. The molecule has 2 N–H and O–H groups in total. The summed E-state index contributed by atoms with van der Waals surface area (Å²) in [5.74, 6) is 3.70. The average Bonchev–Trinajstić information content (AvgIpc) is 2.43. The maximum absolute atomic E-state index is 4.64. The van der Waals surface area contributed by atoms with Gasteiger partial charge in [-0.2, -0.15) is 0 Å². The standard InChI is InChI=1S/C16H30N4/c1-7-9-17-14-10-15(18-13(6)12(5)8-2)20-16(19-14)11(3)4/h10-13H,7-9H2,1-6H3,(H2,17,18,19,20). The van der Waals surface area contributed by atoms with Crippen LogP contribution in [0.15, 0.2) is 6.07 Å². The minimum atomic E-state index is 0.331. The van der Waals surface area contributed by atoms with Crippen LogP contribution < -0.4 is 10.6 Å². The Morgan fingerprint density at radius 1 is 1.05 bits per heavy atom. The van der Waals surface area contributed by atoms with Gasteiger partial charge < -0.3 is 10.6 Å². The van der Waals surface area contributed by atoms with Gasteiger partial charge in [0.1, 0.15) is 17.5 Å². The molecule has 0 aliphatic carbocycles. The summed E-state index contributed by atoms with van der Waals surface area (Å²) in [6, 6.07) is 2.43. The minimum Gasteiger partial charge on any atom is -0.370 e. The molecule has 0 saturated heterocycles. The van der Waals surface area contributed by atoms with Gasteiger partial charge in [-0.05, 0) is 19.3 Å². The normalized spacial score (nSPS) is 14.2. The van der Waals surface area contributed by atoms with Crippen molar-refractivity contribution in [2.24, 2.45) is 5.92 Å². The molecule has 0 amide bonds. The molecule has 0 radical (unpaired) electrons. The van der Waals surface area contributed by atoms with Crippen LogP contribution in [0.3, 0.4) is 0 Å². The van der Waals surface area contributed by atoms with Gasteiger partial charge in [0.05, 0.1) is 0 Å². The van der Waals surface area contributed by atoms with Gasteiger partial charge >= 0.3 is 0 Å². The molecule has 2 atom stereocenters. The van der Waals surface area contributed by atoms with Crippen LogP contribution in [-0.4, -0.2) is 22.6 Å². The van der Waals surface area contributed by atoms with Gasteiger partial charge in [-0.25, -0.2) is 9.97 Å². The summed E-state index contributed by atoms with van der Waals surface area (Å²) in [5, 5.41) is 6.87. The largest absolute Gasteiger partial charge is 0.370 e. The molecule has 1 rings (SSSR count). The van der Waals surface area contributed by atoms with Crippen molar-refractivity contribution in [3.05, 3.63) is 11.9 Å². The second-order valence-electron chi connectivity index (χ2n) is 5.90. The fourth-order valence-electron chi connectivity index (χ4n) is 1.87. The predicted octanol–water partition coefficient (Wildman–Crippen LogP) is 4.27. The zero-order valence-electron chi connectivity index (χ0n) is 13.8. The van der Waals surface area contributed by atoms with Crippen LogP contribution in [0.25, 0.3) is 0 Å². The fourth-order valence-corrected chi connectivity index (χ4v) is 1.87. The monoisotopic (exact) mass is 278 g/mol. The first kappa shape index (κ1) is 16.7. The lowest BCUT2D eigenvalue weighted by atomic mass is 10.0. The van der Waals surface area contributed by atoms with E-state index in [2.05, 4.69) is 62.1 Å². The number of hydrogen-bond donors (Lipinski definition) is 2. The summed E-state index contributed by atoms with van der Waals surface area (Å²) in [6.45, 7) is 14.0. The fraction of sp³-hybridized carbons (Fsp3) is 0.750. The van der Waals surface area contributed by atoms with E-state index in [1.807, 2.05) is 6.07 Å². The first-order valence-electron chi connectivity index (χ1n) is 7.87. The highest BCUT2D eigenvalue weighted by Crippen LogP contribution is 2.19. The van der Waals surface area contributed by atoms with E-state index < -0.39 is 0 Å². The van der Waals surface area contributed by atoms with E-state index in [-0.39, 0.29) is 0 Å². The van der Waals surface area contributed by atoms with Crippen LogP contribution in [0, 0.1) is 5.92 Å². The summed E-state index contributed by atoms with van der Waals surface area (Å²) >= 11 is 0. The minimum absolute atomic E-state index is 0.331. The summed E-state index contributed by atoms with van der Waals surface area (Å²) in [4.78, 5) is 9.22. The Morgan fingerprint density at radius 2 is 1.70 bits per heavy atom. The molecule has 0 fully saturated rings. The van der Waals surface area contributed by atoms with E-state index in [0.717, 1.165) is 36.8 Å². The Balaban J connectivity index is 2.90. The van der Waals surface area contributed by atoms with Crippen molar-refractivity contribution in [2.45, 2.75) is 66.3 Å². The molecule has 1 heterocycles. The third-order valence-corrected chi connectivity index (χ3v) is 3.69. The van der Waals surface area contributed by atoms with Crippen molar-refractivity contribution in [3.8, 4) is 0 Å². The van der Waals surface area contributed by atoms with Crippen LogP contribution in [0.1, 0.15) is 66.1 Å². The van der Waals surface area contributed by atoms with Crippen LogP contribution in [-0.2, 0) is 0 Å². The third kappa shape index (κ3) is 4.99. The van der Waals surface area contributed by atoms with Crippen LogP contribution in [0.2, 0.25) is 0 Å². The number of rotatable bonds is 8. The smallest absolute Gasteiger partial charge is 0.135 e. The molecule has 0 saturated carbocycles. The molecule has 4 nitrogen and oxygen atoms in total. The summed E-state index contributed by atoms with van der Waals surface area (Å²) in [5.41, 5.74) is 0. The second kappa shape index (κ2) is 8.08. The molecule has 0 bridgehead atoms. The zero-order valence-corrected chi connectivity index (χ0v) is 13.8. The van der Waals surface area contributed by atoms with Crippen molar-refractivity contribution in [1.29, 1.82) is 0 Å². The highest BCUT2D eigenvalue weighted by Gasteiger charge is 2.13. The van der Waals surface area contributed by atoms with E-state index in [1.165, 1.54) is 0 Å². The van der Waals surface area contributed by atoms with E-state index in [0.29, 0.717) is 17.9 Å². The van der Waals surface area contributed by atoms with E-state index in [4.69, 9.17) is 0 Å². The van der Waals surface area contributed by atoms with E-state index in [9.17, 15) is 0 Å². The summed E-state index contributed by atoms with van der Waals surface area (Å²) in [7, 11) is 0. The van der Waals surface area contributed by atoms with Crippen LogP contribution in [0.4, 0.5) is 11.6 Å². The van der Waals surface area contributed by atoms with Gasteiger partial charge in [-0.1, -0.05) is 41.0 Å². The van der Waals surface area contributed by atoms with Crippen molar-refractivity contribution in [3.63, 3.8) is 0 Å². The predicted molar refractivity (Wildman–Crippen MR) is 87.4 cm³/mol. The van der Waals surface area contributed by atoms with Crippen molar-refractivity contribution < 1.29 is 0 Å². The van der Waals surface area contributed by atoms with Crippen molar-refractivity contribution in [1.82, 2.24) is 9.97 Å². The first-order valence-corrected chi connectivity index (χ1v) is 7.87. The molecule has 1 aromatic heterocycles. The lowest BCUT2D eigenvalue weighted by Gasteiger charge is -2.21. The molecule has 0 aromatic carbocycles. The Morgan fingerprint density at radius 3 is 2.25 bits per heavy atom. The molecule has 2 unspecified atom stereocenters. The van der Waals surface area contributed by atoms with Gasteiger partial charge in [0.25, 0.3) is 0 Å². The lowest BCUT2D eigenvalue weighted by molar-refractivity contribution is 0.493. The van der Waals surface area contributed by atoms with Crippen molar-refractivity contribution >= 4 is 11.6 Å². The maximum atomic E-state index is 4.64. The number of aromatic nitrogens is 2. The number of hydrogen-bond acceptors (Lipinski definition) is 4. The Labute approximate surface area is 123 Å². The summed E-state index contributed by atoms with van der Waals surface area (Å²) in [6.07, 6.45) is 2.25. The molecule has 1 aromatic rings. The average molecular weight is 278 g/mol. The zero-order chi connectivity index (χ0) is 15.1. The number of nitrogens with zero attached hydrogens (tertiary/aromatic N) is 2. The quantitative estimate of drug-likeness (QED) is 0.745. The van der Waals surface area contributed by atoms with Gasteiger partial charge in [0, 0.05) is 24.6 Å². The highest BCUT2D eigenvalue weighted by molar-refractivity contribution is 5.48.